The Balaban J connectivity index is 0. The fourth-order valence-electron chi connectivity index (χ4n) is 0.236. The SMILES string of the molecule is CCC(F)(F)C(N)(F)F.Cl. The van der Waals surface area contributed by atoms with Crippen molar-refractivity contribution in [3.63, 3.8) is 0 Å². The lowest BCUT2D eigenvalue weighted by molar-refractivity contribution is -0.205. The standard InChI is InChI=1S/C4H7F4N.ClH/c1-2-3(5,6)4(7,8)9;/h2,9H2,1H3;1H. The Morgan fingerprint density at radius 1 is 1.20 bits per heavy atom. The van der Waals surface area contributed by atoms with Gasteiger partial charge >= 0.3 is 12.0 Å². The molecule has 0 spiro atoms. The summed E-state index contributed by atoms with van der Waals surface area (Å²) in [4.78, 5) is 0. The average Bonchev–Trinajstić information content (AvgIpc) is 1.64. The lowest BCUT2D eigenvalue weighted by Gasteiger charge is -2.20. The predicted molar refractivity (Wildman–Crippen MR) is 31.6 cm³/mol. The quantitative estimate of drug-likeness (QED) is 0.512. The van der Waals surface area contributed by atoms with Gasteiger partial charge in [0.1, 0.15) is 0 Å². The van der Waals surface area contributed by atoms with E-state index in [4.69, 9.17) is 0 Å². The van der Waals surface area contributed by atoms with Gasteiger partial charge in [-0.25, -0.2) is 0 Å². The first-order valence-electron chi connectivity index (χ1n) is 2.36. The van der Waals surface area contributed by atoms with Crippen LogP contribution in [0.2, 0.25) is 0 Å². The molecule has 0 aliphatic carbocycles. The van der Waals surface area contributed by atoms with Gasteiger partial charge in [-0.2, -0.15) is 17.6 Å². The molecule has 0 saturated heterocycles. The molecular weight excluding hydrogens is 173 g/mol. The van der Waals surface area contributed by atoms with Crippen LogP contribution in [0.3, 0.4) is 0 Å². The first kappa shape index (κ1) is 12.6. The van der Waals surface area contributed by atoms with Gasteiger partial charge in [-0.05, 0) is 0 Å². The van der Waals surface area contributed by atoms with Gasteiger partial charge < -0.3 is 0 Å². The van der Waals surface area contributed by atoms with E-state index >= 15 is 0 Å². The minimum Gasteiger partial charge on any atom is -0.267 e. The molecule has 1 nitrogen and oxygen atoms in total. The molecule has 0 aromatic rings. The summed E-state index contributed by atoms with van der Waals surface area (Å²) in [5, 5.41) is 0. The van der Waals surface area contributed by atoms with Crippen molar-refractivity contribution in [2.45, 2.75) is 25.3 Å². The highest BCUT2D eigenvalue weighted by atomic mass is 35.5. The van der Waals surface area contributed by atoms with Crippen LogP contribution in [0.25, 0.3) is 0 Å². The lowest BCUT2D eigenvalue weighted by Crippen LogP contribution is -2.47. The Morgan fingerprint density at radius 3 is 1.50 bits per heavy atom. The molecule has 0 heterocycles. The fraction of sp³-hybridized carbons (Fsp3) is 1.00. The molecule has 0 radical (unpaired) electrons. The van der Waals surface area contributed by atoms with E-state index in [1.807, 2.05) is 0 Å². The monoisotopic (exact) mass is 181 g/mol. The molecule has 0 unspecified atom stereocenters. The molecule has 0 amide bonds. The van der Waals surface area contributed by atoms with Gasteiger partial charge in [0, 0.05) is 6.42 Å². The second kappa shape index (κ2) is 3.39. The van der Waals surface area contributed by atoms with Crippen molar-refractivity contribution in [1.29, 1.82) is 0 Å². The zero-order chi connectivity index (χ0) is 7.71. The van der Waals surface area contributed by atoms with Crippen molar-refractivity contribution in [2.24, 2.45) is 5.73 Å². The number of hydrogen-bond acceptors (Lipinski definition) is 1. The number of alkyl halides is 4. The Morgan fingerprint density at radius 2 is 1.50 bits per heavy atom. The molecule has 0 bridgehead atoms. The minimum absolute atomic E-state index is 0. The number of halogens is 5. The number of nitrogens with two attached hydrogens (primary N) is 1. The summed E-state index contributed by atoms with van der Waals surface area (Å²) in [6.45, 7) is 0.945. The van der Waals surface area contributed by atoms with Crippen LogP contribution in [0.5, 0.6) is 0 Å². The van der Waals surface area contributed by atoms with Crippen molar-refractivity contribution in [3.8, 4) is 0 Å². The molecular formula is C4H8ClF4N. The molecule has 0 aliphatic heterocycles. The summed E-state index contributed by atoms with van der Waals surface area (Å²) in [5.41, 5.74) is 3.84. The third kappa shape index (κ3) is 2.70. The summed E-state index contributed by atoms with van der Waals surface area (Å²) in [6, 6.07) is -4.39. The van der Waals surface area contributed by atoms with Crippen molar-refractivity contribution >= 4 is 12.4 Å². The highest BCUT2D eigenvalue weighted by Crippen LogP contribution is 2.31. The smallest absolute Gasteiger partial charge is 0.267 e. The van der Waals surface area contributed by atoms with Gasteiger partial charge in [-0.3, -0.25) is 5.73 Å². The lowest BCUT2D eigenvalue weighted by atomic mass is 10.2. The van der Waals surface area contributed by atoms with E-state index in [9.17, 15) is 17.6 Å². The normalized spacial score (nSPS) is 12.6. The molecule has 0 saturated carbocycles. The van der Waals surface area contributed by atoms with Crippen LogP contribution in [-0.4, -0.2) is 12.0 Å². The topological polar surface area (TPSA) is 26.0 Å². The molecule has 2 N–H and O–H groups in total. The summed E-state index contributed by atoms with van der Waals surface area (Å²) in [7, 11) is 0. The maximum atomic E-state index is 11.8. The Bertz CT molecular complexity index is 99.9. The second-order valence-electron chi connectivity index (χ2n) is 1.68. The van der Waals surface area contributed by atoms with Crippen LogP contribution in [0.1, 0.15) is 13.3 Å². The van der Waals surface area contributed by atoms with E-state index in [0.29, 0.717) is 0 Å². The summed E-state index contributed by atoms with van der Waals surface area (Å²) in [5.74, 6) is -4.08. The van der Waals surface area contributed by atoms with Gasteiger partial charge in [0.2, 0.25) is 0 Å². The molecule has 0 rings (SSSR count). The number of hydrogen-bond donors (Lipinski definition) is 1. The number of rotatable bonds is 2. The zero-order valence-electron chi connectivity index (χ0n) is 5.20. The largest absolute Gasteiger partial charge is 0.362 e. The fourth-order valence-corrected chi connectivity index (χ4v) is 0.236. The van der Waals surface area contributed by atoms with Gasteiger partial charge in [-0.1, -0.05) is 6.92 Å². The second-order valence-corrected chi connectivity index (χ2v) is 1.68. The predicted octanol–water partition coefficient (Wildman–Crippen LogP) is 2.01. The molecule has 0 aromatic carbocycles. The van der Waals surface area contributed by atoms with Crippen LogP contribution in [0.15, 0.2) is 0 Å². The van der Waals surface area contributed by atoms with Crippen molar-refractivity contribution in [2.75, 3.05) is 0 Å². The minimum atomic E-state index is -4.39. The van der Waals surface area contributed by atoms with Crippen molar-refractivity contribution in [1.82, 2.24) is 0 Å². The van der Waals surface area contributed by atoms with Crippen LogP contribution >= 0.6 is 12.4 Å². The van der Waals surface area contributed by atoms with Gasteiger partial charge in [0.15, 0.2) is 0 Å². The van der Waals surface area contributed by atoms with Crippen molar-refractivity contribution < 1.29 is 17.6 Å². The molecule has 0 aromatic heterocycles. The Kier molecular flexibility index (Phi) is 4.28. The van der Waals surface area contributed by atoms with Gasteiger partial charge in [0.05, 0.1) is 0 Å². The van der Waals surface area contributed by atoms with E-state index in [2.05, 4.69) is 5.73 Å². The summed E-state index contributed by atoms with van der Waals surface area (Å²) in [6.07, 6.45) is -0.948. The third-order valence-corrected chi connectivity index (χ3v) is 0.932. The van der Waals surface area contributed by atoms with Gasteiger partial charge in [-0.15, -0.1) is 12.4 Å². The molecule has 10 heavy (non-hydrogen) atoms. The van der Waals surface area contributed by atoms with Gasteiger partial charge in [0.25, 0.3) is 0 Å². The first-order chi connectivity index (χ1) is 3.81. The molecule has 0 aliphatic rings. The molecule has 0 atom stereocenters. The summed E-state index contributed by atoms with van der Waals surface area (Å²) < 4.78 is 46.6. The van der Waals surface area contributed by atoms with Crippen molar-refractivity contribution in [3.05, 3.63) is 0 Å². The highest BCUT2D eigenvalue weighted by Gasteiger charge is 2.51. The van der Waals surface area contributed by atoms with E-state index < -0.39 is 18.4 Å². The molecule has 0 fully saturated rings. The van der Waals surface area contributed by atoms with Crippen LogP contribution in [0.4, 0.5) is 17.6 Å². The van der Waals surface area contributed by atoms with E-state index in [0.717, 1.165) is 6.92 Å². The maximum Gasteiger partial charge on any atom is 0.362 e. The third-order valence-electron chi connectivity index (χ3n) is 0.932. The first-order valence-corrected chi connectivity index (χ1v) is 2.36. The van der Waals surface area contributed by atoms with E-state index in [-0.39, 0.29) is 12.4 Å². The van der Waals surface area contributed by atoms with E-state index in [1.54, 1.807) is 0 Å². The van der Waals surface area contributed by atoms with E-state index in [1.165, 1.54) is 0 Å². The molecule has 6 heteroatoms. The Labute approximate surface area is 62.0 Å². The van der Waals surface area contributed by atoms with Crippen LogP contribution in [0, 0.1) is 0 Å². The average molecular weight is 182 g/mol. The van der Waals surface area contributed by atoms with Crippen LogP contribution < -0.4 is 5.73 Å². The Hall–Kier alpha value is -0.0300. The molecule has 64 valence electrons. The summed E-state index contributed by atoms with van der Waals surface area (Å²) >= 11 is 0. The van der Waals surface area contributed by atoms with Crippen LogP contribution in [-0.2, 0) is 0 Å². The maximum absolute atomic E-state index is 11.8. The zero-order valence-corrected chi connectivity index (χ0v) is 6.02. The highest BCUT2D eigenvalue weighted by molar-refractivity contribution is 5.85.